The van der Waals surface area contributed by atoms with Crippen LogP contribution in [0.1, 0.15) is 0 Å². The summed E-state index contributed by atoms with van der Waals surface area (Å²) < 4.78 is 1.70. The fourth-order valence-corrected chi connectivity index (χ4v) is 2.59. The zero-order chi connectivity index (χ0) is 14.8. The summed E-state index contributed by atoms with van der Waals surface area (Å²) in [7, 11) is 1.78. The Bertz CT molecular complexity index is 633. The monoisotopic (exact) mass is 288 g/mol. The molecule has 8 nitrogen and oxygen atoms in total. The van der Waals surface area contributed by atoms with Crippen LogP contribution >= 0.6 is 0 Å². The first-order valence-electron chi connectivity index (χ1n) is 6.73. The van der Waals surface area contributed by atoms with Crippen molar-refractivity contribution in [3.8, 4) is 0 Å². The number of hydrogen-bond acceptors (Lipinski definition) is 6. The fraction of sp³-hybridized carbons (Fsp3) is 0.385. The topological polar surface area (TPSA) is 80.3 Å². The Labute approximate surface area is 121 Å². The molecule has 2 aromatic heterocycles. The van der Waals surface area contributed by atoms with Gasteiger partial charge in [-0.25, -0.2) is 4.98 Å². The Balaban J connectivity index is 1.75. The highest BCUT2D eigenvalue weighted by molar-refractivity contribution is 5.56. The predicted molar refractivity (Wildman–Crippen MR) is 78.5 cm³/mol. The molecule has 0 aromatic carbocycles. The van der Waals surface area contributed by atoms with Crippen LogP contribution in [0.2, 0.25) is 0 Å². The van der Waals surface area contributed by atoms with Crippen molar-refractivity contribution in [3.63, 3.8) is 0 Å². The summed E-state index contributed by atoms with van der Waals surface area (Å²) in [5, 5.41) is 11.0. The van der Waals surface area contributed by atoms with Gasteiger partial charge in [-0.2, -0.15) is 0 Å². The van der Waals surface area contributed by atoms with E-state index in [-0.39, 0.29) is 5.82 Å². The number of aromatic nitrogens is 3. The van der Waals surface area contributed by atoms with E-state index in [2.05, 4.69) is 14.9 Å². The molecule has 2 aromatic rings. The van der Waals surface area contributed by atoms with Gasteiger partial charge < -0.3 is 19.9 Å². The Morgan fingerprint density at radius 1 is 1.14 bits per heavy atom. The highest BCUT2D eigenvalue weighted by Crippen LogP contribution is 2.27. The summed E-state index contributed by atoms with van der Waals surface area (Å²) in [6.45, 7) is 2.96. The van der Waals surface area contributed by atoms with Crippen molar-refractivity contribution < 1.29 is 4.92 Å². The summed E-state index contributed by atoms with van der Waals surface area (Å²) in [6, 6.07) is 5.82. The lowest BCUT2D eigenvalue weighted by atomic mass is 10.3. The average Bonchev–Trinajstić information content (AvgIpc) is 2.90. The Morgan fingerprint density at radius 3 is 2.48 bits per heavy atom. The minimum atomic E-state index is -0.430. The molecule has 0 atom stereocenters. The van der Waals surface area contributed by atoms with Gasteiger partial charge >= 0.3 is 5.82 Å². The van der Waals surface area contributed by atoms with E-state index < -0.39 is 4.92 Å². The zero-order valence-corrected chi connectivity index (χ0v) is 11.7. The SMILES string of the molecule is Cn1cnc([N+](=O)[O-])c1N1CCN(c2ccccn2)CC1. The van der Waals surface area contributed by atoms with Crippen molar-refractivity contribution in [3.05, 3.63) is 40.8 Å². The second-order valence-electron chi connectivity index (χ2n) is 4.92. The molecule has 0 unspecified atom stereocenters. The van der Waals surface area contributed by atoms with Gasteiger partial charge in [0.05, 0.1) is 0 Å². The third-order valence-electron chi connectivity index (χ3n) is 3.61. The molecular formula is C13H16N6O2. The van der Waals surface area contributed by atoms with Crippen LogP contribution in [0.25, 0.3) is 0 Å². The lowest BCUT2D eigenvalue weighted by Crippen LogP contribution is -2.47. The zero-order valence-electron chi connectivity index (χ0n) is 11.7. The summed E-state index contributed by atoms with van der Waals surface area (Å²) >= 11 is 0. The normalized spacial score (nSPS) is 15.3. The Kier molecular flexibility index (Phi) is 3.43. The second-order valence-corrected chi connectivity index (χ2v) is 4.92. The third-order valence-corrected chi connectivity index (χ3v) is 3.61. The van der Waals surface area contributed by atoms with Gasteiger partial charge in [0, 0.05) is 39.4 Å². The number of piperazine rings is 1. The first-order valence-corrected chi connectivity index (χ1v) is 6.73. The summed E-state index contributed by atoms with van der Waals surface area (Å²) in [5.74, 6) is 1.43. The molecule has 3 heterocycles. The van der Waals surface area contributed by atoms with Crippen molar-refractivity contribution >= 4 is 17.5 Å². The Morgan fingerprint density at radius 2 is 1.86 bits per heavy atom. The highest BCUT2D eigenvalue weighted by atomic mass is 16.6. The van der Waals surface area contributed by atoms with Crippen LogP contribution in [0, 0.1) is 10.1 Å². The van der Waals surface area contributed by atoms with Gasteiger partial charge in [-0.05, 0) is 22.0 Å². The number of pyridine rings is 1. The third kappa shape index (κ3) is 2.51. The van der Waals surface area contributed by atoms with Crippen LogP contribution < -0.4 is 9.80 Å². The van der Waals surface area contributed by atoms with Crippen LogP contribution in [0.15, 0.2) is 30.7 Å². The van der Waals surface area contributed by atoms with Gasteiger partial charge in [-0.1, -0.05) is 6.07 Å². The molecule has 1 saturated heterocycles. The first kappa shape index (κ1) is 13.3. The lowest BCUT2D eigenvalue weighted by molar-refractivity contribution is -0.388. The largest absolute Gasteiger partial charge is 0.406 e. The molecule has 21 heavy (non-hydrogen) atoms. The molecule has 0 aliphatic carbocycles. The van der Waals surface area contributed by atoms with Crippen LogP contribution in [-0.2, 0) is 7.05 Å². The van der Waals surface area contributed by atoms with E-state index in [4.69, 9.17) is 0 Å². The van der Waals surface area contributed by atoms with Gasteiger partial charge in [0.15, 0.2) is 0 Å². The van der Waals surface area contributed by atoms with Gasteiger partial charge in [0.2, 0.25) is 12.1 Å². The quantitative estimate of drug-likeness (QED) is 0.620. The molecule has 0 saturated carbocycles. The van der Waals surface area contributed by atoms with Crippen molar-refractivity contribution in [1.82, 2.24) is 14.5 Å². The van der Waals surface area contributed by atoms with Gasteiger partial charge in [-0.15, -0.1) is 0 Å². The summed E-state index contributed by atoms with van der Waals surface area (Å²) in [4.78, 5) is 23.0. The molecule has 0 bridgehead atoms. The van der Waals surface area contributed by atoms with E-state index in [0.29, 0.717) is 18.9 Å². The number of hydrogen-bond donors (Lipinski definition) is 0. The highest BCUT2D eigenvalue weighted by Gasteiger charge is 2.28. The van der Waals surface area contributed by atoms with Crippen molar-refractivity contribution in [2.75, 3.05) is 36.0 Å². The molecular weight excluding hydrogens is 272 g/mol. The van der Waals surface area contributed by atoms with Gasteiger partial charge in [0.1, 0.15) is 5.82 Å². The minimum absolute atomic E-state index is 0.0798. The van der Waals surface area contributed by atoms with E-state index in [9.17, 15) is 10.1 Å². The summed E-state index contributed by atoms with van der Waals surface area (Å²) in [6.07, 6.45) is 3.26. The number of imidazole rings is 1. The van der Waals surface area contributed by atoms with E-state index >= 15 is 0 Å². The van der Waals surface area contributed by atoms with Crippen molar-refractivity contribution in [2.45, 2.75) is 0 Å². The van der Waals surface area contributed by atoms with Crippen LogP contribution in [0.4, 0.5) is 17.5 Å². The smallest absolute Gasteiger partial charge is 0.358 e. The molecule has 110 valence electrons. The number of anilines is 2. The van der Waals surface area contributed by atoms with E-state index in [1.54, 1.807) is 17.8 Å². The number of rotatable bonds is 3. The minimum Gasteiger partial charge on any atom is -0.358 e. The maximum Gasteiger partial charge on any atom is 0.406 e. The molecule has 1 aliphatic rings. The molecule has 0 spiro atoms. The maximum absolute atomic E-state index is 11.0. The average molecular weight is 288 g/mol. The molecule has 0 N–H and O–H groups in total. The molecule has 1 fully saturated rings. The molecule has 8 heteroatoms. The van der Waals surface area contributed by atoms with Crippen molar-refractivity contribution in [2.24, 2.45) is 7.05 Å². The number of aryl methyl sites for hydroxylation is 1. The lowest BCUT2D eigenvalue weighted by Gasteiger charge is -2.35. The molecule has 0 radical (unpaired) electrons. The predicted octanol–water partition coefficient (Wildman–Crippen LogP) is 1.05. The second kappa shape index (κ2) is 5.39. The van der Waals surface area contributed by atoms with Crippen LogP contribution in [-0.4, -0.2) is 45.6 Å². The van der Waals surface area contributed by atoms with Crippen LogP contribution in [0.3, 0.4) is 0 Å². The molecule has 0 amide bonds. The fourth-order valence-electron chi connectivity index (χ4n) is 2.59. The maximum atomic E-state index is 11.0. The van der Waals surface area contributed by atoms with E-state index in [1.807, 2.05) is 23.1 Å². The Hall–Kier alpha value is -2.64. The van der Waals surface area contributed by atoms with Crippen molar-refractivity contribution in [1.29, 1.82) is 0 Å². The van der Waals surface area contributed by atoms with Gasteiger partial charge in [0.25, 0.3) is 0 Å². The standard InChI is InChI=1S/C13H16N6O2/c1-16-10-15-12(19(20)21)13(16)18-8-6-17(7-9-18)11-4-2-3-5-14-11/h2-5,10H,6-9H2,1H3. The van der Waals surface area contributed by atoms with Crippen LogP contribution in [0.5, 0.6) is 0 Å². The first-order chi connectivity index (χ1) is 10.2. The van der Waals surface area contributed by atoms with E-state index in [1.165, 1.54) is 6.33 Å². The summed E-state index contributed by atoms with van der Waals surface area (Å²) in [5.41, 5.74) is 0. The molecule has 1 aliphatic heterocycles. The van der Waals surface area contributed by atoms with Gasteiger partial charge in [-0.3, -0.25) is 4.57 Å². The van der Waals surface area contributed by atoms with E-state index in [0.717, 1.165) is 18.9 Å². The number of nitrogens with zero attached hydrogens (tertiary/aromatic N) is 6. The number of nitro groups is 1. The molecule has 3 rings (SSSR count).